The highest BCUT2D eigenvalue weighted by atomic mass is 32.2. The zero-order chi connectivity index (χ0) is 26.3. The van der Waals surface area contributed by atoms with Crippen molar-refractivity contribution in [2.75, 3.05) is 23.7 Å². The number of sulfonamides is 1. The molecule has 0 aromatic heterocycles. The maximum absolute atomic E-state index is 13.6. The molecule has 0 unspecified atom stereocenters. The van der Waals surface area contributed by atoms with Gasteiger partial charge in [0.2, 0.25) is 21.8 Å². The molecule has 0 fully saturated rings. The third kappa shape index (κ3) is 8.35. The SMILES string of the molecule is CC[C@@H](C(=O)NCC(C)C)N(Cc1ccc(F)cc1)C(=O)CN(c1cc(C)cc(C)c1)S(C)(=O)=O. The van der Waals surface area contributed by atoms with Gasteiger partial charge in [0.15, 0.2) is 0 Å². The van der Waals surface area contributed by atoms with E-state index in [1.54, 1.807) is 31.2 Å². The van der Waals surface area contributed by atoms with Crippen LogP contribution in [-0.4, -0.2) is 50.5 Å². The zero-order valence-corrected chi connectivity index (χ0v) is 22.2. The molecule has 2 aromatic carbocycles. The molecule has 0 aliphatic rings. The van der Waals surface area contributed by atoms with E-state index in [9.17, 15) is 22.4 Å². The van der Waals surface area contributed by atoms with Gasteiger partial charge in [-0.3, -0.25) is 13.9 Å². The van der Waals surface area contributed by atoms with Crippen LogP contribution in [0.4, 0.5) is 10.1 Å². The van der Waals surface area contributed by atoms with Crippen LogP contribution in [0.2, 0.25) is 0 Å². The lowest BCUT2D eigenvalue weighted by atomic mass is 10.1. The van der Waals surface area contributed by atoms with E-state index in [-0.39, 0.29) is 18.4 Å². The molecular weight excluding hydrogens is 469 g/mol. The van der Waals surface area contributed by atoms with E-state index in [1.807, 2.05) is 33.8 Å². The van der Waals surface area contributed by atoms with Gasteiger partial charge in [-0.1, -0.05) is 39.0 Å². The molecule has 0 aliphatic carbocycles. The molecule has 1 N–H and O–H groups in total. The smallest absolute Gasteiger partial charge is 0.244 e. The van der Waals surface area contributed by atoms with E-state index in [2.05, 4.69) is 5.32 Å². The summed E-state index contributed by atoms with van der Waals surface area (Å²) < 4.78 is 39.9. The van der Waals surface area contributed by atoms with Crippen LogP contribution < -0.4 is 9.62 Å². The van der Waals surface area contributed by atoms with Gasteiger partial charge < -0.3 is 10.2 Å². The van der Waals surface area contributed by atoms with Gasteiger partial charge in [-0.05, 0) is 67.1 Å². The average Bonchev–Trinajstić information content (AvgIpc) is 2.75. The Morgan fingerprint density at radius 3 is 2.09 bits per heavy atom. The van der Waals surface area contributed by atoms with Crippen molar-refractivity contribution in [3.05, 3.63) is 65.0 Å². The van der Waals surface area contributed by atoms with Crippen molar-refractivity contribution < 1.29 is 22.4 Å². The fourth-order valence-corrected chi connectivity index (χ4v) is 4.67. The molecule has 7 nitrogen and oxygen atoms in total. The maximum atomic E-state index is 13.6. The number of anilines is 1. The van der Waals surface area contributed by atoms with E-state index in [1.165, 1.54) is 17.0 Å². The van der Waals surface area contributed by atoms with E-state index < -0.39 is 34.3 Å². The molecule has 0 aliphatic heterocycles. The first-order chi connectivity index (χ1) is 16.3. The number of carbonyl (C=O) groups is 2. The molecule has 0 saturated heterocycles. The first-order valence-electron chi connectivity index (χ1n) is 11.7. The van der Waals surface area contributed by atoms with Gasteiger partial charge in [-0.2, -0.15) is 0 Å². The van der Waals surface area contributed by atoms with E-state index in [0.29, 0.717) is 24.2 Å². The second-order valence-corrected chi connectivity index (χ2v) is 11.2. The van der Waals surface area contributed by atoms with Crippen LogP contribution in [-0.2, 0) is 26.2 Å². The first-order valence-corrected chi connectivity index (χ1v) is 13.5. The van der Waals surface area contributed by atoms with Crippen molar-refractivity contribution in [3.8, 4) is 0 Å². The van der Waals surface area contributed by atoms with E-state index >= 15 is 0 Å². The third-order valence-electron chi connectivity index (χ3n) is 5.51. The number of halogens is 1. The number of benzene rings is 2. The topological polar surface area (TPSA) is 86.8 Å². The summed E-state index contributed by atoms with van der Waals surface area (Å²) in [6.07, 6.45) is 1.38. The van der Waals surface area contributed by atoms with E-state index in [4.69, 9.17) is 0 Å². The molecular formula is C26H36FN3O4S. The van der Waals surface area contributed by atoms with Gasteiger partial charge in [0.1, 0.15) is 18.4 Å². The Morgan fingerprint density at radius 2 is 1.60 bits per heavy atom. The molecule has 0 spiro atoms. The monoisotopic (exact) mass is 505 g/mol. The molecule has 0 heterocycles. The van der Waals surface area contributed by atoms with Crippen LogP contribution in [0.5, 0.6) is 0 Å². The van der Waals surface area contributed by atoms with Crippen LogP contribution in [0.3, 0.4) is 0 Å². The quantitative estimate of drug-likeness (QED) is 0.504. The van der Waals surface area contributed by atoms with Crippen molar-refractivity contribution >= 4 is 27.5 Å². The Bertz CT molecular complexity index is 1110. The second-order valence-electron chi connectivity index (χ2n) is 9.33. The summed E-state index contributed by atoms with van der Waals surface area (Å²) in [4.78, 5) is 28.0. The number of rotatable bonds is 11. The van der Waals surface area contributed by atoms with Gasteiger partial charge >= 0.3 is 0 Å². The predicted molar refractivity (Wildman–Crippen MR) is 137 cm³/mol. The minimum Gasteiger partial charge on any atom is -0.354 e. The number of nitrogens with one attached hydrogen (secondary N) is 1. The van der Waals surface area contributed by atoms with E-state index in [0.717, 1.165) is 21.7 Å². The fraction of sp³-hybridized carbons (Fsp3) is 0.462. The minimum absolute atomic E-state index is 0.0389. The lowest BCUT2D eigenvalue weighted by Gasteiger charge is -2.33. The Morgan fingerprint density at radius 1 is 1.03 bits per heavy atom. The number of amides is 2. The fourth-order valence-electron chi connectivity index (χ4n) is 3.84. The van der Waals surface area contributed by atoms with Gasteiger partial charge in [0.25, 0.3) is 0 Å². The third-order valence-corrected chi connectivity index (χ3v) is 6.65. The normalized spacial score (nSPS) is 12.3. The summed E-state index contributed by atoms with van der Waals surface area (Å²) >= 11 is 0. The van der Waals surface area contributed by atoms with Crippen molar-refractivity contribution in [2.24, 2.45) is 5.92 Å². The van der Waals surface area contributed by atoms with Crippen molar-refractivity contribution in [1.82, 2.24) is 10.2 Å². The molecule has 192 valence electrons. The molecule has 0 bridgehead atoms. The zero-order valence-electron chi connectivity index (χ0n) is 21.3. The molecule has 9 heteroatoms. The lowest BCUT2D eigenvalue weighted by molar-refractivity contribution is -0.140. The number of aryl methyl sites for hydroxylation is 2. The van der Waals surface area contributed by atoms with Crippen LogP contribution in [0.15, 0.2) is 42.5 Å². The van der Waals surface area contributed by atoms with Crippen LogP contribution >= 0.6 is 0 Å². The molecule has 2 rings (SSSR count). The number of nitrogens with zero attached hydrogens (tertiary/aromatic N) is 2. The van der Waals surface area contributed by atoms with Crippen molar-refractivity contribution in [2.45, 2.75) is 53.6 Å². The standard InChI is InChI=1S/C26H36FN3O4S/c1-7-24(26(32)28-15-18(2)3)29(16-21-8-10-22(27)11-9-21)25(31)17-30(35(6,33)34)23-13-19(4)12-20(5)14-23/h8-14,18,24H,7,15-17H2,1-6H3,(H,28,32)/t24-/m0/s1. The van der Waals surface area contributed by atoms with Crippen LogP contribution in [0, 0.1) is 25.6 Å². The first kappa shape index (κ1) is 28.3. The number of carbonyl (C=O) groups excluding carboxylic acids is 2. The Labute approximate surface area is 208 Å². The Balaban J connectivity index is 2.44. The number of hydrogen-bond acceptors (Lipinski definition) is 4. The Kier molecular flexibility index (Phi) is 9.82. The molecule has 0 saturated carbocycles. The molecule has 2 amide bonds. The number of hydrogen-bond donors (Lipinski definition) is 1. The van der Waals surface area contributed by atoms with Gasteiger partial charge in [-0.15, -0.1) is 0 Å². The highest BCUT2D eigenvalue weighted by Crippen LogP contribution is 2.22. The highest BCUT2D eigenvalue weighted by molar-refractivity contribution is 7.92. The van der Waals surface area contributed by atoms with Crippen molar-refractivity contribution in [1.29, 1.82) is 0 Å². The second kappa shape index (κ2) is 12.2. The van der Waals surface area contributed by atoms with Crippen molar-refractivity contribution in [3.63, 3.8) is 0 Å². The maximum Gasteiger partial charge on any atom is 0.244 e. The van der Waals surface area contributed by atoms with Gasteiger partial charge in [0, 0.05) is 13.1 Å². The summed E-state index contributed by atoms with van der Waals surface area (Å²) in [5.74, 6) is -1.02. The minimum atomic E-state index is -3.80. The largest absolute Gasteiger partial charge is 0.354 e. The molecule has 0 radical (unpaired) electrons. The van der Waals surface area contributed by atoms with Crippen LogP contribution in [0.25, 0.3) is 0 Å². The summed E-state index contributed by atoms with van der Waals surface area (Å²) in [7, 11) is -3.80. The summed E-state index contributed by atoms with van der Waals surface area (Å²) in [5.41, 5.74) is 2.75. The summed E-state index contributed by atoms with van der Waals surface area (Å²) in [6.45, 7) is 9.47. The van der Waals surface area contributed by atoms with Gasteiger partial charge in [0.05, 0.1) is 11.9 Å². The Hall–Kier alpha value is -2.94. The lowest BCUT2D eigenvalue weighted by Crippen LogP contribution is -2.52. The molecule has 1 atom stereocenters. The van der Waals surface area contributed by atoms with Crippen LogP contribution in [0.1, 0.15) is 43.9 Å². The molecule has 35 heavy (non-hydrogen) atoms. The predicted octanol–water partition coefficient (Wildman–Crippen LogP) is 3.79. The molecule has 2 aromatic rings. The highest BCUT2D eigenvalue weighted by Gasteiger charge is 2.31. The summed E-state index contributed by atoms with van der Waals surface area (Å²) in [5, 5.41) is 2.87. The summed E-state index contributed by atoms with van der Waals surface area (Å²) in [6, 6.07) is 10.2. The average molecular weight is 506 g/mol. The van der Waals surface area contributed by atoms with Gasteiger partial charge in [-0.25, -0.2) is 12.8 Å².